The Morgan fingerprint density at radius 3 is 2.27 bits per heavy atom. The molecule has 3 aromatic rings. The monoisotopic (exact) mass is 363 g/mol. The van der Waals surface area contributed by atoms with Gasteiger partial charge in [-0.3, -0.25) is 9.67 Å². The summed E-state index contributed by atoms with van der Waals surface area (Å²) < 4.78 is 1.93. The minimum atomic E-state index is 0.574. The summed E-state index contributed by atoms with van der Waals surface area (Å²) in [5.41, 5.74) is 3.57. The van der Waals surface area contributed by atoms with Crippen molar-refractivity contribution in [1.82, 2.24) is 9.78 Å². The topological polar surface area (TPSA) is 30.2 Å². The van der Waals surface area contributed by atoms with Crippen molar-refractivity contribution in [2.75, 3.05) is 7.05 Å². The first-order valence-electron chi connectivity index (χ1n) is 8.71. The lowest BCUT2D eigenvalue weighted by molar-refractivity contribution is 0.589. The Hall–Kier alpha value is -2.65. The smallest absolute Gasteiger partial charge is 0.102 e. The van der Waals surface area contributed by atoms with E-state index in [1.54, 1.807) is 7.05 Å². The Bertz CT molecular complexity index is 1020. The van der Waals surface area contributed by atoms with Crippen LogP contribution in [0.25, 0.3) is 22.9 Å². The SMILES string of the molecule is C=c1/c(=C(/Cl)C(=NC)c2ccccc2)c(-c2ccccc2)nn1CCC. The Balaban J connectivity index is 2.32. The van der Waals surface area contributed by atoms with Crippen molar-refractivity contribution in [1.29, 1.82) is 0 Å². The van der Waals surface area contributed by atoms with Crippen LogP contribution in [-0.2, 0) is 6.54 Å². The molecule has 1 aromatic heterocycles. The largest absolute Gasteiger partial charge is 0.286 e. The van der Waals surface area contributed by atoms with Crippen molar-refractivity contribution >= 4 is 28.9 Å². The molecule has 0 saturated carbocycles. The quantitative estimate of drug-likeness (QED) is 0.633. The van der Waals surface area contributed by atoms with E-state index >= 15 is 0 Å². The van der Waals surface area contributed by atoms with Crippen LogP contribution in [0.3, 0.4) is 0 Å². The molecule has 132 valence electrons. The molecule has 0 spiro atoms. The molecule has 26 heavy (non-hydrogen) atoms. The number of benzene rings is 2. The highest BCUT2D eigenvalue weighted by molar-refractivity contribution is 6.64. The average Bonchev–Trinajstić information content (AvgIpc) is 3.00. The molecular formula is C22H22ClN3. The third kappa shape index (κ3) is 3.49. The van der Waals surface area contributed by atoms with Crippen molar-refractivity contribution < 1.29 is 0 Å². The lowest BCUT2D eigenvalue weighted by Gasteiger charge is -2.05. The molecule has 3 nitrogen and oxygen atoms in total. The van der Waals surface area contributed by atoms with Crippen LogP contribution >= 0.6 is 11.6 Å². The number of hydrogen-bond acceptors (Lipinski definition) is 2. The lowest BCUT2D eigenvalue weighted by Crippen LogP contribution is -2.31. The van der Waals surface area contributed by atoms with Gasteiger partial charge in [0.1, 0.15) is 5.69 Å². The Morgan fingerprint density at radius 1 is 1.08 bits per heavy atom. The van der Waals surface area contributed by atoms with Gasteiger partial charge in [0.2, 0.25) is 0 Å². The van der Waals surface area contributed by atoms with E-state index in [-0.39, 0.29) is 0 Å². The average molecular weight is 364 g/mol. The molecule has 0 bridgehead atoms. The molecule has 0 fully saturated rings. The molecule has 2 aromatic carbocycles. The number of aliphatic imine (C=N–C) groups is 1. The zero-order valence-electron chi connectivity index (χ0n) is 15.1. The molecule has 0 aliphatic carbocycles. The van der Waals surface area contributed by atoms with E-state index in [1.165, 1.54) is 0 Å². The fourth-order valence-electron chi connectivity index (χ4n) is 2.99. The summed E-state index contributed by atoms with van der Waals surface area (Å²) in [4.78, 5) is 4.45. The molecule has 0 amide bonds. The van der Waals surface area contributed by atoms with Crippen LogP contribution in [-0.4, -0.2) is 22.5 Å². The Kier molecular flexibility index (Phi) is 5.69. The molecule has 3 rings (SSSR count). The minimum Gasteiger partial charge on any atom is -0.286 e. The third-order valence-corrected chi connectivity index (χ3v) is 4.61. The number of hydrogen-bond donors (Lipinski definition) is 0. The van der Waals surface area contributed by atoms with Crippen molar-refractivity contribution in [3.63, 3.8) is 0 Å². The lowest BCUT2D eigenvalue weighted by atomic mass is 10.1. The molecule has 0 N–H and O–H groups in total. The van der Waals surface area contributed by atoms with Gasteiger partial charge in [0.05, 0.1) is 16.1 Å². The van der Waals surface area contributed by atoms with Gasteiger partial charge in [-0.2, -0.15) is 5.10 Å². The van der Waals surface area contributed by atoms with Crippen LogP contribution in [0.1, 0.15) is 18.9 Å². The molecule has 1 heterocycles. The van der Waals surface area contributed by atoms with Crippen LogP contribution in [0.15, 0.2) is 65.7 Å². The summed E-state index contributed by atoms with van der Waals surface area (Å²) in [5.74, 6) is 0. The van der Waals surface area contributed by atoms with E-state index in [4.69, 9.17) is 16.7 Å². The molecule has 0 radical (unpaired) electrons. The number of aromatic nitrogens is 2. The van der Waals surface area contributed by atoms with Gasteiger partial charge >= 0.3 is 0 Å². The maximum atomic E-state index is 6.87. The number of rotatable bonds is 5. The summed E-state index contributed by atoms with van der Waals surface area (Å²) in [6, 6.07) is 20.0. The maximum absolute atomic E-state index is 6.87. The summed E-state index contributed by atoms with van der Waals surface area (Å²) in [7, 11) is 1.76. The molecule has 4 heteroatoms. The van der Waals surface area contributed by atoms with E-state index < -0.39 is 0 Å². The van der Waals surface area contributed by atoms with Gasteiger partial charge in [0, 0.05) is 29.9 Å². The first-order chi connectivity index (χ1) is 12.7. The fraction of sp³-hybridized carbons (Fsp3) is 0.182. The summed E-state index contributed by atoms with van der Waals surface area (Å²) in [6.07, 6.45) is 0.975. The van der Waals surface area contributed by atoms with E-state index in [9.17, 15) is 0 Å². The second-order valence-corrected chi connectivity index (χ2v) is 6.39. The van der Waals surface area contributed by atoms with Crippen molar-refractivity contribution in [3.8, 4) is 11.3 Å². The maximum Gasteiger partial charge on any atom is 0.102 e. The molecule has 0 unspecified atom stereocenters. The van der Waals surface area contributed by atoms with Gasteiger partial charge in [0.25, 0.3) is 0 Å². The Labute approximate surface area is 159 Å². The molecular weight excluding hydrogens is 342 g/mol. The second kappa shape index (κ2) is 8.15. The van der Waals surface area contributed by atoms with Gasteiger partial charge in [-0.1, -0.05) is 85.8 Å². The summed E-state index contributed by atoms with van der Waals surface area (Å²) >= 11 is 6.87. The predicted molar refractivity (Wildman–Crippen MR) is 111 cm³/mol. The van der Waals surface area contributed by atoms with E-state index in [0.717, 1.165) is 46.1 Å². The normalized spacial score (nSPS) is 13.0. The predicted octanol–water partition coefficient (Wildman–Crippen LogP) is 3.84. The first kappa shape index (κ1) is 18.2. The number of aryl methyl sites for hydroxylation is 1. The highest BCUT2D eigenvalue weighted by Crippen LogP contribution is 2.17. The van der Waals surface area contributed by atoms with E-state index in [2.05, 4.69) is 18.5 Å². The second-order valence-electron chi connectivity index (χ2n) is 6.01. The van der Waals surface area contributed by atoms with Crippen LogP contribution in [0.4, 0.5) is 0 Å². The van der Waals surface area contributed by atoms with Crippen molar-refractivity contribution in [3.05, 3.63) is 76.8 Å². The van der Waals surface area contributed by atoms with Gasteiger partial charge in [-0.25, -0.2) is 0 Å². The van der Waals surface area contributed by atoms with Gasteiger partial charge < -0.3 is 0 Å². The fourth-order valence-corrected chi connectivity index (χ4v) is 3.38. The zero-order valence-corrected chi connectivity index (χ0v) is 15.9. The van der Waals surface area contributed by atoms with E-state index in [0.29, 0.717) is 5.03 Å². The summed E-state index contributed by atoms with van der Waals surface area (Å²) in [5, 5.41) is 7.03. The minimum absolute atomic E-state index is 0.574. The first-order valence-corrected chi connectivity index (χ1v) is 9.08. The van der Waals surface area contributed by atoms with Crippen molar-refractivity contribution in [2.24, 2.45) is 4.99 Å². The number of nitrogens with zero attached hydrogens (tertiary/aromatic N) is 3. The van der Waals surface area contributed by atoms with Crippen molar-refractivity contribution in [2.45, 2.75) is 19.9 Å². The van der Waals surface area contributed by atoms with Gasteiger partial charge in [-0.05, 0) is 6.42 Å². The molecule has 0 atom stereocenters. The number of halogens is 1. The molecule has 0 saturated heterocycles. The highest BCUT2D eigenvalue weighted by Gasteiger charge is 2.15. The van der Waals surface area contributed by atoms with Gasteiger partial charge in [-0.15, -0.1) is 0 Å². The molecule has 0 aliphatic heterocycles. The van der Waals surface area contributed by atoms with Gasteiger partial charge in [0.15, 0.2) is 0 Å². The standard InChI is InChI=1S/C22H22ClN3/c1-4-15-26-16(2)19(21(25-26)17-11-7-5-8-12-17)20(23)22(24-3)18-13-9-6-10-14-18/h5-14H,2,4,15H2,1,3H3/b20-19-,24-22?. The van der Waals surface area contributed by atoms with Crippen LogP contribution in [0, 0.1) is 0 Å². The van der Waals surface area contributed by atoms with Crippen LogP contribution < -0.4 is 10.6 Å². The van der Waals surface area contributed by atoms with E-state index in [1.807, 2.05) is 65.3 Å². The highest BCUT2D eigenvalue weighted by atomic mass is 35.5. The summed E-state index contributed by atoms with van der Waals surface area (Å²) in [6.45, 7) is 7.18. The van der Waals surface area contributed by atoms with Crippen LogP contribution in [0.2, 0.25) is 0 Å². The molecule has 0 aliphatic rings. The Morgan fingerprint density at radius 2 is 1.69 bits per heavy atom. The van der Waals surface area contributed by atoms with Crippen LogP contribution in [0.5, 0.6) is 0 Å². The zero-order chi connectivity index (χ0) is 18.5. The third-order valence-electron chi connectivity index (χ3n) is 4.24.